The topological polar surface area (TPSA) is 38.0 Å². The number of nitrogens with two attached hydrogens (primary N) is 1. The summed E-state index contributed by atoms with van der Waals surface area (Å²) in [7, 11) is 0. The van der Waals surface area contributed by atoms with E-state index in [0.717, 1.165) is 19.5 Å². The van der Waals surface area contributed by atoms with Gasteiger partial charge in [0, 0.05) is 12.6 Å². The highest BCUT2D eigenvalue weighted by atomic mass is 14.8. The monoisotopic (exact) mass is 266 g/mol. The smallest absolute Gasteiger partial charge is 0.0408 e. The average molecular weight is 266 g/mol. The van der Waals surface area contributed by atoms with Crippen LogP contribution in [-0.2, 0) is 6.42 Å². The third-order valence-corrected chi connectivity index (χ3v) is 3.34. The summed E-state index contributed by atoms with van der Waals surface area (Å²) in [4.78, 5) is 0. The summed E-state index contributed by atoms with van der Waals surface area (Å²) in [6.07, 6.45) is 6.77. The largest absolute Gasteiger partial charge is 0.321 e. The Balaban J connectivity index is 1.84. The van der Waals surface area contributed by atoms with Crippen LogP contribution in [0.1, 0.15) is 5.56 Å². The molecule has 0 bridgehead atoms. The summed E-state index contributed by atoms with van der Waals surface area (Å²) in [5.74, 6) is 0. The van der Waals surface area contributed by atoms with Gasteiger partial charge in [-0.2, -0.15) is 0 Å². The van der Waals surface area contributed by atoms with E-state index in [0.29, 0.717) is 0 Å². The quantitative estimate of drug-likeness (QED) is 0.597. The zero-order chi connectivity index (χ0) is 14.2. The molecule has 0 radical (unpaired) electrons. The van der Waals surface area contributed by atoms with Gasteiger partial charge in [0.05, 0.1) is 0 Å². The number of fused-ring (bicyclic) bond motifs is 1. The normalized spacial score (nSPS) is 12.8. The van der Waals surface area contributed by atoms with Gasteiger partial charge in [-0.05, 0) is 29.3 Å². The van der Waals surface area contributed by atoms with E-state index in [-0.39, 0.29) is 6.04 Å². The van der Waals surface area contributed by atoms with Gasteiger partial charge in [0.15, 0.2) is 0 Å². The maximum Gasteiger partial charge on any atom is 0.0408 e. The maximum absolute atomic E-state index is 5.71. The SMILES string of the molecule is C=CC(N)C=CCNCCc1cccc2ccccc12. The first kappa shape index (κ1) is 14.5. The van der Waals surface area contributed by atoms with Gasteiger partial charge in [0.1, 0.15) is 0 Å². The predicted molar refractivity (Wildman–Crippen MR) is 87.8 cm³/mol. The molecule has 0 fully saturated rings. The lowest BCUT2D eigenvalue weighted by molar-refractivity contribution is 0.745. The molecule has 1 unspecified atom stereocenters. The average Bonchev–Trinajstić information content (AvgIpc) is 2.50. The first-order chi connectivity index (χ1) is 9.81. The van der Waals surface area contributed by atoms with Gasteiger partial charge < -0.3 is 11.1 Å². The molecule has 0 aliphatic heterocycles. The fourth-order valence-corrected chi connectivity index (χ4v) is 2.22. The van der Waals surface area contributed by atoms with Gasteiger partial charge in [0.25, 0.3) is 0 Å². The van der Waals surface area contributed by atoms with E-state index in [1.54, 1.807) is 6.08 Å². The van der Waals surface area contributed by atoms with Crippen molar-refractivity contribution in [3.8, 4) is 0 Å². The Morgan fingerprint density at radius 3 is 2.80 bits per heavy atom. The summed E-state index contributed by atoms with van der Waals surface area (Å²) in [5, 5.41) is 6.06. The lowest BCUT2D eigenvalue weighted by atomic mass is 10.0. The molecule has 0 saturated heterocycles. The number of hydrogen-bond donors (Lipinski definition) is 2. The van der Waals surface area contributed by atoms with Crippen molar-refractivity contribution in [3.05, 3.63) is 72.8 Å². The first-order valence-corrected chi connectivity index (χ1v) is 7.03. The van der Waals surface area contributed by atoms with Gasteiger partial charge in [0.2, 0.25) is 0 Å². The Bertz CT molecular complexity index is 581. The minimum Gasteiger partial charge on any atom is -0.321 e. The molecule has 0 amide bonds. The van der Waals surface area contributed by atoms with E-state index in [2.05, 4.69) is 60.4 Å². The second-order valence-corrected chi connectivity index (χ2v) is 4.83. The Kier molecular flexibility index (Phi) is 5.54. The van der Waals surface area contributed by atoms with Crippen molar-refractivity contribution in [2.75, 3.05) is 13.1 Å². The molecule has 2 aromatic carbocycles. The van der Waals surface area contributed by atoms with Gasteiger partial charge in [-0.1, -0.05) is 60.7 Å². The van der Waals surface area contributed by atoms with E-state index < -0.39 is 0 Å². The Labute approximate surface area is 121 Å². The number of benzene rings is 2. The summed E-state index contributed by atoms with van der Waals surface area (Å²) in [5.41, 5.74) is 7.10. The summed E-state index contributed by atoms with van der Waals surface area (Å²) >= 11 is 0. The molecule has 0 spiro atoms. The van der Waals surface area contributed by atoms with Crippen LogP contribution in [0.15, 0.2) is 67.3 Å². The van der Waals surface area contributed by atoms with Crippen LogP contribution >= 0.6 is 0 Å². The van der Waals surface area contributed by atoms with E-state index >= 15 is 0 Å². The molecule has 2 aromatic rings. The minimum atomic E-state index is -0.0464. The third-order valence-electron chi connectivity index (χ3n) is 3.34. The van der Waals surface area contributed by atoms with E-state index in [1.807, 2.05) is 6.08 Å². The van der Waals surface area contributed by atoms with E-state index in [4.69, 9.17) is 5.73 Å². The van der Waals surface area contributed by atoms with E-state index in [9.17, 15) is 0 Å². The number of nitrogens with one attached hydrogen (secondary N) is 1. The van der Waals surface area contributed by atoms with Crippen molar-refractivity contribution >= 4 is 10.8 Å². The molecule has 20 heavy (non-hydrogen) atoms. The summed E-state index contributed by atoms with van der Waals surface area (Å²) in [6.45, 7) is 5.45. The fraction of sp³-hybridized carbons (Fsp3) is 0.222. The maximum atomic E-state index is 5.71. The minimum absolute atomic E-state index is 0.0464. The highest BCUT2D eigenvalue weighted by Gasteiger charge is 1.99. The molecule has 0 aliphatic rings. The molecule has 0 aromatic heterocycles. The molecule has 1 atom stereocenters. The molecule has 0 saturated carbocycles. The second-order valence-electron chi connectivity index (χ2n) is 4.83. The lowest BCUT2D eigenvalue weighted by Gasteiger charge is -2.07. The Hall–Kier alpha value is -1.90. The molecule has 2 rings (SSSR count). The van der Waals surface area contributed by atoms with Crippen LogP contribution in [0, 0.1) is 0 Å². The van der Waals surface area contributed by atoms with Crippen LogP contribution < -0.4 is 11.1 Å². The highest BCUT2D eigenvalue weighted by Crippen LogP contribution is 2.18. The summed E-state index contributed by atoms with van der Waals surface area (Å²) < 4.78 is 0. The molecule has 0 aliphatic carbocycles. The second kappa shape index (κ2) is 7.63. The van der Waals surface area contributed by atoms with Crippen LogP contribution in [0.3, 0.4) is 0 Å². The fourth-order valence-electron chi connectivity index (χ4n) is 2.22. The van der Waals surface area contributed by atoms with Crippen LogP contribution in [0.2, 0.25) is 0 Å². The lowest BCUT2D eigenvalue weighted by Crippen LogP contribution is -2.18. The standard InChI is InChI=1S/C18H22N2/c1-2-17(19)10-6-13-20-14-12-16-9-5-8-15-7-3-4-11-18(15)16/h2-11,17,20H,1,12-14,19H2. The van der Waals surface area contributed by atoms with Gasteiger partial charge >= 0.3 is 0 Å². The van der Waals surface area contributed by atoms with Crippen LogP contribution in [0.4, 0.5) is 0 Å². The highest BCUT2D eigenvalue weighted by molar-refractivity contribution is 5.85. The van der Waals surface area contributed by atoms with Crippen LogP contribution in [0.5, 0.6) is 0 Å². The molecule has 2 nitrogen and oxygen atoms in total. The first-order valence-electron chi connectivity index (χ1n) is 7.03. The molecule has 104 valence electrons. The molecule has 2 heteroatoms. The molecule has 0 heterocycles. The predicted octanol–water partition coefficient (Wildman–Crippen LogP) is 3.04. The van der Waals surface area contributed by atoms with E-state index in [1.165, 1.54) is 16.3 Å². The van der Waals surface area contributed by atoms with Crippen LogP contribution in [0.25, 0.3) is 10.8 Å². The third kappa shape index (κ3) is 4.05. The van der Waals surface area contributed by atoms with Gasteiger partial charge in [-0.25, -0.2) is 0 Å². The van der Waals surface area contributed by atoms with Crippen molar-refractivity contribution in [2.24, 2.45) is 5.73 Å². The van der Waals surface area contributed by atoms with Gasteiger partial charge in [-0.15, -0.1) is 6.58 Å². The van der Waals surface area contributed by atoms with Crippen molar-refractivity contribution in [3.63, 3.8) is 0 Å². The van der Waals surface area contributed by atoms with Crippen molar-refractivity contribution < 1.29 is 0 Å². The van der Waals surface area contributed by atoms with Crippen molar-refractivity contribution in [1.29, 1.82) is 0 Å². The zero-order valence-corrected chi connectivity index (χ0v) is 11.8. The van der Waals surface area contributed by atoms with Crippen LogP contribution in [-0.4, -0.2) is 19.1 Å². The summed E-state index contributed by atoms with van der Waals surface area (Å²) in [6, 6.07) is 15.0. The van der Waals surface area contributed by atoms with Gasteiger partial charge in [-0.3, -0.25) is 0 Å². The van der Waals surface area contributed by atoms with Crippen molar-refractivity contribution in [2.45, 2.75) is 12.5 Å². The Morgan fingerprint density at radius 1 is 1.15 bits per heavy atom. The molecule has 3 N–H and O–H groups in total. The van der Waals surface area contributed by atoms with Crippen molar-refractivity contribution in [1.82, 2.24) is 5.32 Å². The zero-order valence-electron chi connectivity index (χ0n) is 11.8. The molecular weight excluding hydrogens is 244 g/mol. The number of hydrogen-bond acceptors (Lipinski definition) is 2. The number of rotatable bonds is 7. The Morgan fingerprint density at radius 2 is 1.95 bits per heavy atom. The molecular formula is C18H22N2.